The Kier molecular flexibility index (Phi) is 2.37. The molecule has 0 radical (unpaired) electrons. The third-order valence-electron chi connectivity index (χ3n) is 2.30. The van der Waals surface area contributed by atoms with E-state index in [1.807, 2.05) is 25.1 Å². The van der Waals surface area contributed by atoms with Crippen LogP contribution in [0.4, 0.5) is 0 Å². The zero-order valence-corrected chi connectivity index (χ0v) is 9.63. The molecule has 1 N–H and O–H groups in total. The highest BCUT2D eigenvalue weighted by atomic mass is 79.9. The fourth-order valence-corrected chi connectivity index (χ4v) is 1.95. The van der Waals surface area contributed by atoms with Crippen molar-refractivity contribution in [2.45, 2.75) is 20.0 Å². The maximum absolute atomic E-state index is 9.55. The summed E-state index contributed by atoms with van der Waals surface area (Å²) >= 11 is 3.46. The molecule has 1 heterocycles. The molecule has 0 bridgehead atoms. The van der Waals surface area contributed by atoms with E-state index in [0.717, 1.165) is 26.8 Å². The summed E-state index contributed by atoms with van der Waals surface area (Å²) < 4.78 is 6.55. The van der Waals surface area contributed by atoms with Gasteiger partial charge in [0.25, 0.3) is 0 Å². The maximum atomic E-state index is 9.55. The average molecular weight is 255 g/mol. The number of aliphatic hydroxyl groups excluding tert-OH is 1. The maximum Gasteiger partial charge on any atom is 0.141 e. The Morgan fingerprint density at radius 3 is 2.79 bits per heavy atom. The standard InChI is InChI=1S/C11H11BrO2/c1-6(13)8-4-3-5-9-10(12)7(2)14-11(8)9/h3-6,13H,1-2H3. The molecule has 1 aromatic heterocycles. The number of fused-ring (bicyclic) bond motifs is 1. The van der Waals surface area contributed by atoms with Crippen LogP contribution in [0.25, 0.3) is 11.0 Å². The van der Waals surface area contributed by atoms with Gasteiger partial charge in [0, 0.05) is 10.9 Å². The van der Waals surface area contributed by atoms with Gasteiger partial charge in [0.05, 0.1) is 10.6 Å². The first-order chi connectivity index (χ1) is 6.61. The number of benzene rings is 1. The highest BCUT2D eigenvalue weighted by Crippen LogP contribution is 2.34. The van der Waals surface area contributed by atoms with Crippen molar-refractivity contribution in [3.63, 3.8) is 0 Å². The number of aliphatic hydroxyl groups is 1. The number of furan rings is 1. The Morgan fingerprint density at radius 1 is 1.43 bits per heavy atom. The van der Waals surface area contributed by atoms with Crippen molar-refractivity contribution in [1.82, 2.24) is 0 Å². The predicted octanol–water partition coefficient (Wildman–Crippen LogP) is 3.56. The van der Waals surface area contributed by atoms with Gasteiger partial charge in [-0.1, -0.05) is 12.1 Å². The van der Waals surface area contributed by atoms with E-state index < -0.39 is 6.10 Å². The van der Waals surface area contributed by atoms with Gasteiger partial charge in [-0.15, -0.1) is 0 Å². The molecule has 2 nitrogen and oxygen atoms in total. The molecule has 0 amide bonds. The Labute approximate surface area is 90.7 Å². The van der Waals surface area contributed by atoms with Crippen molar-refractivity contribution >= 4 is 26.9 Å². The highest BCUT2D eigenvalue weighted by molar-refractivity contribution is 9.10. The molecule has 0 fully saturated rings. The molecular formula is C11H11BrO2. The van der Waals surface area contributed by atoms with Gasteiger partial charge in [0.1, 0.15) is 11.3 Å². The second kappa shape index (κ2) is 3.41. The van der Waals surface area contributed by atoms with Gasteiger partial charge in [0.15, 0.2) is 0 Å². The van der Waals surface area contributed by atoms with E-state index >= 15 is 0 Å². The normalized spacial score (nSPS) is 13.4. The van der Waals surface area contributed by atoms with Crippen molar-refractivity contribution < 1.29 is 9.52 Å². The Bertz CT molecular complexity index is 471. The van der Waals surface area contributed by atoms with Crippen LogP contribution < -0.4 is 0 Å². The van der Waals surface area contributed by atoms with Crippen LogP contribution in [-0.2, 0) is 0 Å². The van der Waals surface area contributed by atoms with Crippen molar-refractivity contribution in [2.24, 2.45) is 0 Å². The summed E-state index contributed by atoms with van der Waals surface area (Å²) in [5, 5.41) is 10.6. The second-order valence-electron chi connectivity index (χ2n) is 3.37. The first kappa shape index (κ1) is 9.74. The van der Waals surface area contributed by atoms with Crippen LogP contribution in [0.5, 0.6) is 0 Å². The van der Waals surface area contributed by atoms with E-state index in [4.69, 9.17) is 4.42 Å². The van der Waals surface area contributed by atoms with Crippen LogP contribution in [-0.4, -0.2) is 5.11 Å². The molecule has 14 heavy (non-hydrogen) atoms. The van der Waals surface area contributed by atoms with Crippen LogP contribution in [0.1, 0.15) is 24.4 Å². The summed E-state index contributed by atoms with van der Waals surface area (Å²) in [6.45, 7) is 3.64. The van der Waals surface area contributed by atoms with Crippen LogP contribution in [0.3, 0.4) is 0 Å². The third-order valence-corrected chi connectivity index (χ3v) is 3.28. The Balaban J connectivity index is 2.81. The highest BCUT2D eigenvalue weighted by Gasteiger charge is 2.13. The number of halogens is 1. The topological polar surface area (TPSA) is 33.4 Å². The van der Waals surface area contributed by atoms with Gasteiger partial charge in [-0.25, -0.2) is 0 Å². The van der Waals surface area contributed by atoms with E-state index in [2.05, 4.69) is 15.9 Å². The minimum absolute atomic E-state index is 0.504. The molecule has 0 aliphatic carbocycles. The molecule has 0 aliphatic rings. The van der Waals surface area contributed by atoms with E-state index in [-0.39, 0.29) is 0 Å². The quantitative estimate of drug-likeness (QED) is 0.845. The van der Waals surface area contributed by atoms with Gasteiger partial charge in [0.2, 0.25) is 0 Å². The summed E-state index contributed by atoms with van der Waals surface area (Å²) in [5.41, 5.74) is 1.60. The summed E-state index contributed by atoms with van der Waals surface area (Å²) in [6.07, 6.45) is -0.504. The van der Waals surface area contributed by atoms with Crippen molar-refractivity contribution in [3.05, 3.63) is 34.0 Å². The van der Waals surface area contributed by atoms with Gasteiger partial charge in [-0.2, -0.15) is 0 Å². The third kappa shape index (κ3) is 1.37. The molecule has 1 unspecified atom stereocenters. The molecule has 1 atom stereocenters. The van der Waals surface area contributed by atoms with Crippen LogP contribution in [0, 0.1) is 6.92 Å². The van der Waals surface area contributed by atoms with E-state index in [0.29, 0.717) is 0 Å². The lowest BCUT2D eigenvalue weighted by Crippen LogP contribution is -1.90. The molecule has 2 aromatic rings. The van der Waals surface area contributed by atoms with E-state index in [9.17, 15) is 5.11 Å². The zero-order chi connectivity index (χ0) is 10.3. The average Bonchev–Trinajstić information content (AvgIpc) is 2.43. The first-order valence-corrected chi connectivity index (χ1v) is 5.26. The smallest absolute Gasteiger partial charge is 0.141 e. The van der Waals surface area contributed by atoms with Crippen LogP contribution in [0.15, 0.2) is 27.1 Å². The fraction of sp³-hybridized carbons (Fsp3) is 0.273. The van der Waals surface area contributed by atoms with Crippen molar-refractivity contribution in [3.8, 4) is 0 Å². The lowest BCUT2D eigenvalue weighted by molar-refractivity contribution is 0.199. The van der Waals surface area contributed by atoms with E-state index in [1.165, 1.54) is 0 Å². The molecule has 0 saturated carbocycles. The van der Waals surface area contributed by atoms with Gasteiger partial charge >= 0.3 is 0 Å². The van der Waals surface area contributed by atoms with Crippen molar-refractivity contribution in [1.29, 1.82) is 0 Å². The lowest BCUT2D eigenvalue weighted by Gasteiger charge is -2.03. The predicted molar refractivity (Wildman–Crippen MR) is 59.3 cm³/mol. The minimum Gasteiger partial charge on any atom is -0.460 e. The molecule has 3 heteroatoms. The first-order valence-electron chi connectivity index (χ1n) is 4.47. The van der Waals surface area contributed by atoms with Gasteiger partial charge < -0.3 is 9.52 Å². The molecule has 2 rings (SSSR count). The molecule has 0 saturated heterocycles. The minimum atomic E-state index is -0.504. The van der Waals surface area contributed by atoms with Crippen LogP contribution in [0.2, 0.25) is 0 Å². The SMILES string of the molecule is Cc1oc2c(C(C)O)cccc2c1Br. The van der Waals surface area contributed by atoms with Crippen molar-refractivity contribution in [2.75, 3.05) is 0 Å². The fourth-order valence-electron chi connectivity index (χ4n) is 1.56. The molecule has 0 aliphatic heterocycles. The van der Waals surface area contributed by atoms with Crippen LogP contribution >= 0.6 is 15.9 Å². The number of aryl methyl sites for hydroxylation is 1. The summed E-state index contributed by atoms with van der Waals surface area (Å²) in [4.78, 5) is 0. The van der Waals surface area contributed by atoms with E-state index in [1.54, 1.807) is 6.92 Å². The second-order valence-corrected chi connectivity index (χ2v) is 4.17. The number of hydrogen-bond acceptors (Lipinski definition) is 2. The molecule has 0 spiro atoms. The number of hydrogen-bond donors (Lipinski definition) is 1. The Hall–Kier alpha value is -0.800. The summed E-state index contributed by atoms with van der Waals surface area (Å²) in [5.74, 6) is 0.841. The molecule has 1 aromatic carbocycles. The zero-order valence-electron chi connectivity index (χ0n) is 8.04. The summed E-state index contributed by atoms with van der Waals surface area (Å²) in [6, 6.07) is 5.77. The number of rotatable bonds is 1. The summed E-state index contributed by atoms with van der Waals surface area (Å²) in [7, 11) is 0. The van der Waals surface area contributed by atoms with Gasteiger partial charge in [-0.05, 0) is 35.8 Å². The molecule has 74 valence electrons. The molecular weight excluding hydrogens is 244 g/mol. The van der Waals surface area contributed by atoms with Gasteiger partial charge in [-0.3, -0.25) is 0 Å². The largest absolute Gasteiger partial charge is 0.460 e. The monoisotopic (exact) mass is 254 g/mol. The lowest BCUT2D eigenvalue weighted by atomic mass is 10.1. The number of para-hydroxylation sites is 1. The Morgan fingerprint density at radius 2 is 2.14 bits per heavy atom.